The Balaban J connectivity index is 3.17. The molecule has 0 fully saturated rings. The molecule has 12 heavy (non-hydrogen) atoms. The highest BCUT2D eigenvalue weighted by atomic mass is 79.9. The number of hydrogen-bond donors (Lipinski definition) is 1. The molecule has 1 rings (SSSR count). The third-order valence-corrected chi connectivity index (χ3v) is 3.20. The van der Waals surface area contributed by atoms with Crippen molar-refractivity contribution in [3.63, 3.8) is 0 Å². The molecule has 3 nitrogen and oxygen atoms in total. The quantitative estimate of drug-likeness (QED) is 0.819. The molecule has 0 amide bonds. The predicted octanol–water partition coefficient (Wildman–Crippen LogP) is 2.41. The van der Waals surface area contributed by atoms with Crippen LogP contribution in [0.5, 0.6) is 0 Å². The minimum atomic E-state index is -1.02. The summed E-state index contributed by atoms with van der Waals surface area (Å²) in [6, 6.07) is 1.37. The molecule has 0 radical (unpaired) electrons. The van der Waals surface area contributed by atoms with Gasteiger partial charge in [-0.05, 0) is 28.9 Å². The van der Waals surface area contributed by atoms with E-state index in [-0.39, 0.29) is 11.3 Å². The molecular formula is C7H5BrO3S. The Morgan fingerprint density at radius 1 is 1.58 bits per heavy atom. The minimum absolute atomic E-state index is 0.117. The number of carbonyl (C=O) groups is 2. The summed E-state index contributed by atoms with van der Waals surface area (Å²) < 4.78 is 0.486. The highest BCUT2D eigenvalue weighted by Gasteiger charge is 2.14. The second-order valence-corrected chi connectivity index (χ2v) is 4.53. The molecule has 0 bridgehead atoms. The van der Waals surface area contributed by atoms with Crippen LogP contribution in [0.3, 0.4) is 0 Å². The SMILES string of the molecule is CC(=O)c1cc(C(=O)O)c(Br)s1. The normalized spacial score (nSPS) is 9.83. The molecule has 0 unspecified atom stereocenters. The number of Topliss-reactive ketones (excluding diaryl/α,β-unsaturated/α-hetero) is 1. The van der Waals surface area contributed by atoms with E-state index in [9.17, 15) is 9.59 Å². The van der Waals surface area contributed by atoms with E-state index in [4.69, 9.17) is 5.11 Å². The van der Waals surface area contributed by atoms with Gasteiger partial charge < -0.3 is 5.11 Å². The van der Waals surface area contributed by atoms with E-state index in [0.29, 0.717) is 8.66 Å². The van der Waals surface area contributed by atoms with E-state index in [1.807, 2.05) is 0 Å². The number of carboxylic acids is 1. The van der Waals surface area contributed by atoms with Gasteiger partial charge in [-0.2, -0.15) is 0 Å². The molecule has 5 heteroatoms. The molecule has 0 aliphatic rings. The molecule has 0 spiro atoms. The van der Waals surface area contributed by atoms with Crippen molar-refractivity contribution in [1.82, 2.24) is 0 Å². The van der Waals surface area contributed by atoms with Crippen molar-refractivity contribution in [2.45, 2.75) is 6.92 Å². The third kappa shape index (κ3) is 1.73. The fraction of sp³-hybridized carbons (Fsp3) is 0.143. The van der Waals surface area contributed by atoms with Crippen LogP contribution in [0.4, 0.5) is 0 Å². The first-order valence-corrected chi connectivity index (χ1v) is 4.67. The van der Waals surface area contributed by atoms with Gasteiger partial charge in [0.15, 0.2) is 5.78 Å². The van der Waals surface area contributed by atoms with Crippen LogP contribution in [0, 0.1) is 0 Å². The summed E-state index contributed by atoms with van der Waals surface area (Å²) in [7, 11) is 0. The molecule has 0 aliphatic heterocycles. The maximum atomic E-state index is 10.8. The zero-order chi connectivity index (χ0) is 9.30. The van der Waals surface area contributed by atoms with Crippen LogP contribution in [0.1, 0.15) is 27.0 Å². The Hall–Kier alpha value is -0.680. The number of thiophene rings is 1. The molecule has 1 N–H and O–H groups in total. The van der Waals surface area contributed by atoms with E-state index in [0.717, 1.165) is 11.3 Å². The first-order chi connectivity index (χ1) is 5.52. The van der Waals surface area contributed by atoms with Crippen LogP contribution in [-0.4, -0.2) is 16.9 Å². The van der Waals surface area contributed by atoms with E-state index in [1.165, 1.54) is 13.0 Å². The lowest BCUT2D eigenvalue weighted by Gasteiger charge is -1.84. The van der Waals surface area contributed by atoms with E-state index in [1.54, 1.807) is 0 Å². The average molecular weight is 249 g/mol. The van der Waals surface area contributed by atoms with Gasteiger partial charge in [0.1, 0.15) is 0 Å². The van der Waals surface area contributed by atoms with Crippen molar-refractivity contribution >= 4 is 39.0 Å². The highest BCUT2D eigenvalue weighted by molar-refractivity contribution is 9.11. The van der Waals surface area contributed by atoms with Gasteiger partial charge in [-0.25, -0.2) is 4.79 Å². The number of ketones is 1. The van der Waals surface area contributed by atoms with E-state index < -0.39 is 5.97 Å². The summed E-state index contributed by atoms with van der Waals surface area (Å²) in [6.07, 6.45) is 0. The molecule has 0 aliphatic carbocycles. The Bertz CT molecular complexity index is 342. The Morgan fingerprint density at radius 2 is 2.17 bits per heavy atom. The van der Waals surface area contributed by atoms with E-state index in [2.05, 4.69) is 15.9 Å². The van der Waals surface area contributed by atoms with E-state index >= 15 is 0 Å². The summed E-state index contributed by atoms with van der Waals surface area (Å²) in [5.74, 6) is -1.14. The largest absolute Gasteiger partial charge is 0.478 e. The summed E-state index contributed by atoms with van der Waals surface area (Å²) >= 11 is 4.21. The summed E-state index contributed by atoms with van der Waals surface area (Å²) in [4.78, 5) is 21.8. The maximum Gasteiger partial charge on any atom is 0.337 e. The monoisotopic (exact) mass is 248 g/mol. The topological polar surface area (TPSA) is 54.4 Å². The Morgan fingerprint density at radius 3 is 2.42 bits per heavy atom. The van der Waals surface area contributed by atoms with Crippen LogP contribution in [0.15, 0.2) is 9.85 Å². The molecule has 1 aromatic heterocycles. The minimum Gasteiger partial charge on any atom is -0.478 e. The number of hydrogen-bond acceptors (Lipinski definition) is 3. The second-order valence-electron chi connectivity index (χ2n) is 2.16. The van der Waals surface area contributed by atoms with Gasteiger partial charge in [0.05, 0.1) is 14.2 Å². The fourth-order valence-corrected chi connectivity index (χ4v) is 2.27. The first kappa shape index (κ1) is 9.41. The van der Waals surface area contributed by atoms with Crippen molar-refractivity contribution in [3.05, 3.63) is 20.3 Å². The molecule has 1 heterocycles. The van der Waals surface area contributed by atoms with Crippen LogP contribution >= 0.6 is 27.3 Å². The van der Waals surface area contributed by atoms with Crippen molar-refractivity contribution in [3.8, 4) is 0 Å². The number of aromatic carboxylic acids is 1. The standard InChI is InChI=1S/C7H5BrO3S/c1-3(9)5-2-4(7(10)11)6(8)12-5/h2H,1H3,(H,10,11). The molecular weight excluding hydrogens is 244 g/mol. The van der Waals surface area contributed by atoms with Gasteiger partial charge >= 0.3 is 5.97 Å². The molecule has 0 saturated heterocycles. The number of rotatable bonds is 2. The van der Waals surface area contributed by atoms with Gasteiger partial charge in [0, 0.05) is 0 Å². The van der Waals surface area contributed by atoms with Gasteiger partial charge in [-0.3, -0.25) is 4.79 Å². The van der Waals surface area contributed by atoms with Gasteiger partial charge in [0.2, 0.25) is 0 Å². The lowest BCUT2D eigenvalue weighted by molar-refractivity contribution is 0.0696. The molecule has 64 valence electrons. The zero-order valence-corrected chi connectivity index (χ0v) is 8.53. The van der Waals surface area contributed by atoms with Crippen LogP contribution < -0.4 is 0 Å². The van der Waals surface area contributed by atoms with Crippen LogP contribution in [-0.2, 0) is 0 Å². The number of carboxylic acid groups (broad SMARTS) is 1. The van der Waals surface area contributed by atoms with Crippen LogP contribution in [0.2, 0.25) is 0 Å². The van der Waals surface area contributed by atoms with Gasteiger partial charge in [-0.1, -0.05) is 0 Å². The van der Waals surface area contributed by atoms with Gasteiger partial charge in [-0.15, -0.1) is 11.3 Å². The summed E-state index contributed by atoms with van der Waals surface area (Å²) in [6.45, 7) is 1.41. The Kier molecular flexibility index (Phi) is 2.64. The van der Waals surface area contributed by atoms with Crippen molar-refractivity contribution in [1.29, 1.82) is 0 Å². The predicted molar refractivity (Wildman–Crippen MR) is 49.0 cm³/mol. The van der Waals surface area contributed by atoms with Crippen LogP contribution in [0.25, 0.3) is 0 Å². The molecule has 0 atom stereocenters. The molecule has 1 aromatic rings. The molecule has 0 aromatic carbocycles. The first-order valence-electron chi connectivity index (χ1n) is 3.06. The number of halogens is 1. The smallest absolute Gasteiger partial charge is 0.337 e. The summed E-state index contributed by atoms with van der Waals surface area (Å²) in [5.41, 5.74) is 0.144. The van der Waals surface area contributed by atoms with Crippen molar-refractivity contribution < 1.29 is 14.7 Å². The van der Waals surface area contributed by atoms with Gasteiger partial charge in [0.25, 0.3) is 0 Å². The highest BCUT2D eigenvalue weighted by Crippen LogP contribution is 2.28. The number of carbonyl (C=O) groups excluding carboxylic acids is 1. The Labute approximate surface area is 81.2 Å². The lowest BCUT2D eigenvalue weighted by Crippen LogP contribution is -1.94. The average Bonchev–Trinajstić information content (AvgIpc) is 2.30. The zero-order valence-electron chi connectivity index (χ0n) is 6.13. The van der Waals surface area contributed by atoms with Crippen molar-refractivity contribution in [2.75, 3.05) is 0 Å². The summed E-state index contributed by atoms with van der Waals surface area (Å²) in [5, 5.41) is 8.63. The third-order valence-electron chi connectivity index (χ3n) is 1.26. The fourth-order valence-electron chi connectivity index (χ4n) is 0.688. The maximum absolute atomic E-state index is 10.8. The van der Waals surface area contributed by atoms with Crippen molar-refractivity contribution in [2.24, 2.45) is 0 Å². The lowest BCUT2D eigenvalue weighted by atomic mass is 10.3. The second kappa shape index (κ2) is 3.37. The molecule has 0 saturated carbocycles.